The molecule has 1 atom stereocenters. The molecule has 28 heavy (non-hydrogen) atoms. The van der Waals surface area contributed by atoms with Crippen molar-refractivity contribution in [3.8, 4) is 10.6 Å². The Balaban J connectivity index is 1.48. The molecule has 1 aliphatic heterocycles. The van der Waals surface area contributed by atoms with Gasteiger partial charge >= 0.3 is 0 Å². The monoisotopic (exact) mass is 434 g/mol. The van der Waals surface area contributed by atoms with Crippen LogP contribution in [-0.2, 0) is 17.0 Å². The number of ether oxygens (including phenoxy) is 1. The molecule has 1 saturated heterocycles. The van der Waals surface area contributed by atoms with E-state index in [-0.39, 0.29) is 6.10 Å². The predicted molar refractivity (Wildman–Crippen MR) is 115 cm³/mol. The summed E-state index contributed by atoms with van der Waals surface area (Å²) in [4.78, 5) is 4.76. The minimum atomic E-state index is 0.263. The van der Waals surface area contributed by atoms with Gasteiger partial charge in [-0.2, -0.15) is 0 Å². The van der Waals surface area contributed by atoms with E-state index in [0.29, 0.717) is 5.92 Å². The lowest BCUT2D eigenvalue weighted by Gasteiger charge is -2.15. The molecule has 5 nitrogen and oxygen atoms in total. The zero-order valence-electron chi connectivity index (χ0n) is 16.0. The van der Waals surface area contributed by atoms with Crippen molar-refractivity contribution in [2.45, 2.75) is 56.2 Å². The van der Waals surface area contributed by atoms with E-state index in [1.54, 1.807) is 23.1 Å². The lowest BCUT2D eigenvalue weighted by Crippen LogP contribution is -2.18. The summed E-state index contributed by atoms with van der Waals surface area (Å²) in [5.74, 6) is 2.10. The highest BCUT2D eigenvalue weighted by atomic mass is 35.5. The van der Waals surface area contributed by atoms with Gasteiger partial charge in [0.1, 0.15) is 10.8 Å². The van der Waals surface area contributed by atoms with Gasteiger partial charge in [0, 0.05) is 29.2 Å². The molecule has 8 heteroatoms. The van der Waals surface area contributed by atoms with E-state index in [1.165, 1.54) is 0 Å². The van der Waals surface area contributed by atoms with Gasteiger partial charge in [-0.25, -0.2) is 4.98 Å². The van der Waals surface area contributed by atoms with Crippen LogP contribution in [0, 0.1) is 0 Å². The largest absolute Gasteiger partial charge is 0.376 e. The zero-order valence-corrected chi connectivity index (χ0v) is 18.4. The van der Waals surface area contributed by atoms with E-state index in [2.05, 4.69) is 34.0 Å². The van der Waals surface area contributed by atoms with Crippen molar-refractivity contribution in [1.82, 2.24) is 19.7 Å². The lowest BCUT2D eigenvalue weighted by molar-refractivity contribution is 0.0940. The molecule has 0 N–H and O–H groups in total. The van der Waals surface area contributed by atoms with Crippen LogP contribution in [0.4, 0.5) is 0 Å². The van der Waals surface area contributed by atoms with Gasteiger partial charge in [-0.1, -0.05) is 55.4 Å². The van der Waals surface area contributed by atoms with E-state index in [1.807, 2.05) is 24.3 Å². The molecule has 2 aromatic heterocycles. The van der Waals surface area contributed by atoms with Gasteiger partial charge in [-0.05, 0) is 18.9 Å². The smallest absolute Gasteiger partial charge is 0.191 e. The summed E-state index contributed by atoms with van der Waals surface area (Å²) in [5, 5.41) is 13.6. The molecule has 1 aliphatic rings. The van der Waals surface area contributed by atoms with Crippen molar-refractivity contribution in [2.75, 3.05) is 6.61 Å². The molecular formula is C20H23ClN4OS2. The molecule has 0 spiro atoms. The summed E-state index contributed by atoms with van der Waals surface area (Å²) < 4.78 is 8.06. The van der Waals surface area contributed by atoms with Crippen molar-refractivity contribution < 1.29 is 4.74 Å². The number of aromatic nitrogens is 4. The lowest BCUT2D eigenvalue weighted by atomic mass is 10.2. The SMILES string of the molecule is CC(C)c1nnc(SCc2csc(-c3ccccc3Cl)n2)n1CC1CCCO1. The fourth-order valence-corrected chi connectivity index (χ4v) is 5.36. The summed E-state index contributed by atoms with van der Waals surface area (Å²) >= 11 is 9.60. The standard InChI is InChI=1S/C20H23ClN4OS2/c1-13(2)18-23-24-20(25(18)10-15-6-5-9-26-15)28-12-14-11-27-19(22-14)16-7-3-4-8-17(16)21/h3-4,7-8,11,13,15H,5-6,9-10,12H2,1-2H3. The third-order valence-corrected chi connectivity index (χ3v) is 6.93. The molecule has 0 amide bonds. The second-order valence-electron chi connectivity index (χ2n) is 7.15. The van der Waals surface area contributed by atoms with Crippen LogP contribution in [0.1, 0.15) is 44.1 Å². The van der Waals surface area contributed by atoms with Crippen molar-refractivity contribution in [3.63, 3.8) is 0 Å². The highest BCUT2D eigenvalue weighted by Gasteiger charge is 2.22. The average molecular weight is 435 g/mol. The highest BCUT2D eigenvalue weighted by Crippen LogP contribution is 2.32. The first-order valence-electron chi connectivity index (χ1n) is 9.48. The number of nitrogens with zero attached hydrogens (tertiary/aromatic N) is 4. The van der Waals surface area contributed by atoms with E-state index in [4.69, 9.17) is 21.3 Å². The fourth-order valence-electron chi connectivity index (χ4n) is 3.27. The maximum atomic E-state index is 6.30. The van der Waals surface area contributed by atoms with Crippen LogP contribution < -0.4 is 0 Å². The summed E-state index contributed by atoms with van der Waals surface area (Å²) in [7, 11) is 0. The molecule has 4 rings (SSSR count). The van der Waals surface area contributed by atoms with Crippen LogP contribution in [-0.4, -0.2) is 32.5 Å². The minimum absolute atomic E-state index is 0.263. The quantitative estimate of drug-likeness (QED) is 0.449. The van der Waals surface area contributed by atoms with E-state index >= 15 is 0 Å². The van der Waals surface area contributed by atoms with Crippen LogP contribution in [0.3, 0.4) is 0 Å². The van der Waals surface area contributed by atoms with Crippen LogP contribution in [0.25, 0.3) is 10.6 Å². The molecule has 0 bridgehead atoms. The van der Waals surface area contributed by atoms with Crippen LogP contribution in [0.15, 0.2) is 34.8 Å². The average Bonchev–Trinajstić information content (AvgIpc) is 3.42. The number of rotatable bonds is 7. The molecule has 0 aliphatic carbocycles. The number of thiazole rings is 1. The van der Waals surface area contributed by atoms with Gasteiger partial charge in [-0.15, -0.1) is 21.5 Å². The molecule has 3 aromatic rings. The summed E-state index contributed by atoms with van der Waals surface area (Å²) in [6.45, 7) is 5.99. The maximum Gasteiger partial charge on any atom is 0.191 e. The molecule has 0 radical (unpaired) electrons. The van der Waals surface area contributed by atoms with Gasteiger partial charge in [0.25, 0.3) is 0 Å². The Morgan fingerprint density at radius 3 is 2.93 bits per heavy atom. The normalized spacial score (nSPS) is 16.9. The van der Waals surface area contributed by atoms with Crippen molar-refractivity contribution in [1.29, 1.82) is 0 Å². The number of hydrogen-bond acceptors (Lipinski definition) is 6. The zero-order chi connectivity index (χ0) is 19.5. The number of thioether (sulfide) groups is 1. The molecular weight excluding hydrogens is 412 g/mol. The Morgan fingerprint density at radius 2 is 2.18 bits per heavy atom. The van der Waals surface area contributed by atoms with Gasteiger partial charge in [0.2, 0.25) is 0 Å². The second kappa shape index (κ2) is 8.95. The Morgan fingerprint density at radius 1 is 1.32 bits per heavy atom. The van der Waals surface area contributed by atoms with Crippen LogP contribution in [0.2, 0.25) is 5.02 Å². The molecule has 1 fully saturated rings. The van der Waals surface area contributed by atoms with Crippen molar-refractivity contribution in [2.24, 2.45) is 0 Å². The number of benzene rings is 1. The van der Waals surface area contributed by atoms with Gasteiger partial charge in [0.15, 0.2) is 5.16 Å². The Labute approximate surface area is 178 Å². The van der Waals surface area contributed by atoms with E-state index < -0.39 is 0 Å². The third kappa shape index (κ3) is 4.43. The van der Waals surface area contributed by atoms with Crippen LogP contribution >= 0.6 is 34.7 Å². The third-order valence-electron chi connectivity index (χ3n) is 4.68. The van der Waals surface area contributed by atoms with Gasteiger partial charge in [-0.3, -0.25) is 0 Å². The Hall–Kier alpha value is -1.41. The summed E-state index contributed by atoms with van der Waals surface area (Å²) in [6, 6.07) is 7.82. The second-order valence-corrected chi connectivity index (χ2v) is 9.36. The van der Waals surface area contributed by atoms with E-state index in [0.717, 1.165) is 64.0 Å². The highest BCUT2D eigenvalue weighted by molar-refractivity contribution is 7.98. The first kappa shape index (κ1) is 19.9. The predicted octanol–water partition coefficient (Wildman–Crippen LogP) is 5.65. The summed E-state index contributed by atoms with van der Waals surface area (Å²) in [5.41, 5.74) is 2.01. The van der Waals surface area contributed by atoms with Gasteiger partial charge < -0.3 is 9.30 Å². The first-order valence-corrected chi connectivity index (χ1v) is 11.7. The van der Waals surface area contributed by atoms with Gasteiger partial charge in [0.05, 0.1) is 23.4 Å². The fraction of sp³-hybridized carbons (Fsp3) is 0.450. The van der Waals surface area contributed by atoms with E-state index in [9.17, 15) is 0 Å². The molecule has 1 unspecified atom stereocenters. The Bertz CT molecular complexity index is 934. The molecule has 0 saturated carbocycles. The van der Waals surface area contributed by atoms with Crippen molar-refractivity contribution >= 4 is 34.7 Å². The molecule has 3 heterocycles. The minimum Gasteiger partial charge on any atom is -0.376 e. The van der Waals surface area contributed by atoms with Crippen molar-refractivity contribution in [3.05, 3.63) is 46.2 Å². The number of halogens is 1. The molecule has 1 aromatic carbocycles. The first-order chi connectivity index (χ1) is 13.6. The number of hydrogen-bond donors (Lipinski definition) is 0. The Kier molecular flexibility index (Phi) is 6.35. The summed E-state index contributed by atoms with van der Waals surface area (Å²) in [6.07, 6.45) is 2.50. The topological polar surface area (TPSA) is 52.8 Å². The maximum absolute atomic E-state index is 6.30. The van der Waals surface area contributed by atoms with Crippen LogP contribution in [0.5, 0.6) is 0 Å². The molecule has 148 valence electrons.